The molecule has 1 aromatic carbocycles. The van der Waals surface area contributed by atoms with Gasteiger partial charge in [0.05, 0.1) is 0 Å². The second-order valence-electron chi connectivity index (χ2n) is 6.41. The van der Waals surface area contributed by atoms with Crippen molar-refractivity contribution in [3.8, 4) is 0 Å². The van der Waals surface area contributed by atoms with Gasteiger partial charge in [-0.2, -0.15) is 0 Å². The van der Waals surface area contributed by atoms with E-state index in [-0.39, 0.29) is 29.6 Å². The highest BCUT2D eigenvalue weighted by Crippen LogP contribution is 2.59. The number of anilines is 1. The molecule has 2 aliphatic rings. The number of nitrogens with one attached hydrogen (secondary N) is 1. The van der Waals surface area contributed by atoms with Gasteiger partial charge in [0.25, 0.3) is 0 Å². The maximum absolute atomic E-state index is 12.9. The summed E-state index contributed by atoms with van der Waals surface area (Å²) >= 11 is 0. The van der Waals surface area contributed by atoms with E-state index in [1.165, 1.54) is 0 Å². The minimum atomic E-state index is -0.374. The van der Waals surface area contributed by atoms with E-state index in [1.807, 2.05) is 30.3 Å². The SMILES string of the molecule is NC(=O)CCN(C(=O)C1CC12CCNCC2)c1ccccc1. The molecule has 118 valence electrons. The highest BCUT2D eigenvalue weighted by atomic mass is 16.2. The smallest absolute Gasteiger partial charge is 0.230 e. The summed E-state index contributed by atoms with van der Waals surface area (Å²) in [5.74, 6) is -0.127. The van der Waals surface area contributed by atoms with Crippen molar-refractivity contribution in [3.63, 3.8) is 0 Å². The van der Waals surface area contributed by atoms with Crippen molar-refractivity contribution in [2.45, 2.75) is 25.7 Å². The minimum absolute atomic E-state index is 0.0997. The highest BCUT2D eigenvalue weighted by Gasteiger charge is 2.58. The number of hydrogen-bond donors (Lipinski definition) is 2. The number of primary amides is 1. The molecular formula is C17H23N3O2. The normalized spacial score (nSPS) is 22.3. The third-order valence-electron chi connectivity index (χ3n) is 5.00. The summed E-state index contributed by atoms with van der Waals surface area (Å²) in [6.45, 7) is 2.36. The molecule has 0 radical (unpaired) electrons. The van der Waals surface area contributed by atoms with Crippen LogP contribution in [0.25, 0.3) is 0 Å². The zero-order valence-electron chi connectivity index (χ0n) is 12.8. The number of amides is 2. The van der Waals surface area contributed by atoms with Gasteiger partial charge >= 0.3 is 0 Å². The Morgan fingerprint density at radius 2 is 1.91 bits per heavy atom. The topological polar surface area (TPSA) is 75.4 Å². The van der Waals surface area contributed by atoms with E-state index in [2.05, 4.69) is 5.32 Å². The number of carbonyl (C=O) groups excluding carboxylic acids is 2. The van der Waals surface area contributed by atoms with Gasteiger partial charge in [-0.25, -0.2) is 0 Å². The van der Waals surface area contributed by atoms with Crippen LogP contribution < -0.4 is 16.0 Å². The second kappa shape index (κ2) is 6.08. The molecule has 1 unspecified atom stereocenters. The maximum Gasteiger partial charge on any atom is 0.230 e. The number of nitrogens with two attached hydrogens (primary N) is 1. The molecule has 1 aliphatic heterocycles. The van der Waals surface area contributed by atoms with Crippen LogP contribution in [0.1, 0.15) is 25.7 Å². The summed E-state index contributed by atoms with van der Waals surface area (Å²) < 4.78 is 0. The fourth-order valence-electron chi connectivity index (χ4n) is 3.56. The van der Waals surface area contributed by atoms with Crippen LogP contribution in [-0.2, 0) is 9.59 Å². The Hall–Kier alpha value is -1.88. The fraction of sp³-hybridized carbons (Fsp3) is 0.529. The van der Waals surface area contributed by atoms with Gasteiger partial charge in [0.2, 0.25) is 11.8 Å². The van der Waals surface area contributed by atoms with Crippen LogP contribution in [0.3, 0.4) is 0 Å². The lowest BCUT2D eigenvalue weighted by molar-refractivity contribution is -0.121. The monoisotopic (exact) mass is 301 g/mol. The third kappa shape index (κ3) is 2.99. The van der Waals surface area contributed by atoms with Gasteiger partial charge < -0.3 is 16.0 Å². The van der Waals surface area contributed by atoms with Gasteiger partial charge in [-0.1, -0.05) is 18.2 Å². The average molecular weight is 301 g/mol. The molecule has 5 heteroatoms. The van der Waals surface area contributed by atoms with Crippen molar-refractivity contribution in [3.05, 3.63) is 30.3 Å². The van der Waals surface area contributed by atoms with Crippen LogP contribution in [0, 0.1) is 11.3 Å². The summed E-state index contributed by atoms with van der Waals surface area (Å²) in [5.41, 5.74) is 6.31. The van der Waals surface area contributed by atoms with Gasteiger partial charge in [0.15, 0.2) is 0 Å². The number of piperidine rings is 1. The molecule has 1 heterocycles. The molecule has 5 nitrogen and oxygen atoms in total. The van der Waals surface area contributed by atoms with Gasteiger partial charge in [-0.15, -0.1) is 0 Å². The van der Waals surface area contributed by atoms with Crippen molar-refractivity contribution >= 4 is 17.5 Å². The molecule has 1 aromatic rings. The number of nitrogens with zero attached hydrogens (tertiary/aromatic N) is 1. The maximum atomic E-state index is 12.9. The molecule has 1 saturated carbocycles. The van der Waals surface area contributed by atoms with Crippen LogP contribution in [0.2, 0.25) is 0 Å². The largest absolute Gasteiger partial charge is 0.370 e. The Labute approximate surface area is 130 Å². The Kier molecular flexibility index (Phi) is 4.16. The molecule has 1 aliphatic carbocycles. The summed E-state index contributed by atoms with van der Waals surface area (Å²) in [7, 11) is 0. The lowest BCUT2D eigenvalue weighted by Gasteiger charge is -2.27. The standard InChI is InChI=1S/C17H23N3O2/c18-15(21)6-11-20(13-4-2-1-3-5-13)16(22)14-12-17(14)7-9-19-10-8-17/h1-5,14,19H,6-12H2,(H2,18,21). The summed E-state index contributed by atoms with van der Waals surface area (Å²) in [6.07, 6.45) is 3.32. The van der Waals surface area contributed by atoms with E-state index in [0.717, 1.165) is 38.0 Å². The Bertz CT molecular complexity index is 552. The quantitative estimate of drug-likeness (QED) is 0.860. The molecule has 0 aromatic heterocycles. The van der Waals surface area contributed by atoms with Gasteiger partial charge in [0, 0.05) is 24.6 Å². The zero-order chi connectivity index (χ0) is 15.6. The second-order valence-corrected chi connectivity index (χ2v) is 6.41. The van der Waals surface area contributed by atoms with Crippen molar-refractivity contribution in [1.82, 2.24) is 5.32 Å². The number of benzene rings is 1. The first kappa shape index (κ1) is 15.0. The number of para-hydroxylation sites is 1. The zero-order valence-corrected chi connectivity index (χ0v) is 12.8. The van der Waals surface area contributed by atoms with E-state index >= 15 is 0 Å². The van der Waals surface area contributed by atoms with Gasteiger partial charge in [-0.3, -0.25) is 9.59 Å². The predicted octanol–water partition coefficient (Wildman–Crippen LogP) is 1.28. The first-order valence-corrected chi connectivity index (χ1v) is 7.98. The first-order valence-electron chi connectivity index (χ1n) is 7.98. The summed E-state index contributed by atoms with van der Waals surface area (Å²) in [6, 6.07) is 9.57. The Morgan fingerprint density at radius 3 is 2.55 bits per heavy atom. The molecule has 1 spiro atoms. The average Bonchev–Trinajstić information content (AvgIpc) is 3.22. The van der Waals surface area contributed by atoms with Crippen LogP contribution in [-0.4, -0.2) is 31.4 Å². The van der Waals surface area contributed by atoms with Crippen LogP contribution in [0.5, 0.6) is 0 Å². The predicted molar refractivity (Wildman–Crippen MR) is 85.3 cm³/mol. The first-order chi connectivity index (χ1) is 10.6. The molecule has 2 amide bonds. The highest BCUT2D eigenvalue weighted by molar-refractivity contribution is 5.97. The molecule has 2 fully saturated rings. The van der Waals surface area contributed by atoms with Crippen molar-refractivity contribution in [2.24, 2.45) is 17.1 Å². The molecule has 1 saturated heterocycles. The Balaban J connectivity index is 1.74. The molecule has 22 heavy (non-hydrogen) atoms. The number of hydrogen-bond acceptors (Lipinski definition) is 3. The van der Waals surface area contributed by atoms with Gasteiger partial charge in [0.1, 0.15) is 0 Å². The van der Waals surface area contributed by atoms with Crippen molar-refractivity contribution < 1.29 is 9.59 Å². The van der Waals surface area contributed by atoms with Crippen molar-refractivity contribution in [1.29, 1.82) is 0 Å². The van der Waals surface area contributed by atoms with E-state index in [1.54, 1.807) is 4.90 Å². The van der Waals surface area contributed by atoms with E-state index < -0.39 is 0 Å². The van der Waals surface area contributed by atoms with Crippen LogP contribution in [0.15, 0.2) is 30.3 Å². The number of carbonyl (C=O) groups is 2. The fourth-order valence-corrected chi connectivity index (χ4v) is 3.56. The summed E-state index contributed by atoms with van der Waals surface area (Å²) in [5, 5.41) is 3.35. The molecule has 1 atom stereocenters. The van der Waals surface area contributed by atoms with Gasteiger partial charge in [-0.05, 0) is 49.9 Å². The molecular weight excluding hydrogens is 278 g/mol. The Morgan fingerprint density at radius 1 is 1.23 bits per heavy atom. The lowest BCUT2D eigenvalue weighted by Crippen LogP contribution is -2.38. The molecule has 3 N–H and O–H groups in total. The van der Waals surface area contributed by atoms with Crippen molar-refractivity contribution in [2.75, 3.05) is 24.5 Å². The van der Waals surface area contributed by atoms with E-state index in [9.17, 15) is 9.59 Å². The summed E-state index contributed by atoms with van der Waals surface area (Å²) in [4.78, 5) is 25.8. The minimum Gasteiger partial charge on any atom is -0.370 e. The lowest BCUT2D eigenvalue weighted by atomic mass is 9.91. The number of rotatable bonds is 5. The molecule has 3 rings (SSSR count). The third-order valence-corrected chi connectivity index (χ3v) is 5.00. The van der Waals surface area contributed by atoms with Crippen LogP contribution in [0.4, 0.5) is 5.69 Å². The molecule has 0 bridgehead atoms. The van der Waals surface area contributed by atoms with E-state index in [4.69, 9.17) is 5.73 Å². The van der Waals surface area contributed by atoms with E-state index in [0.29, 0.717) is 6.54 Å². The van der Waals surface area contributed by atoms with Crippen LogP contribution >= 0.6 is 0 Å².